The van der Waals surface area contributed by atoms with Crippen LogP contribution in [0.2, 0.25) is 5.02 Å². The second kappa shape index (κ2) is 7.49. The molecule has 7 heteroatoms. The zero-order valence-electron chi connectivity index (χ0n) is 13.7. The summed E-state index contributed by atoms with van der Waals surface area (Å²) in [6.07, 6.45) is 1.55. The minimum atomic E-state index is -0.770. The normalized spacial score (nSPS) is 17.4. The van der Waals surface area contributed by atoms with Crippen molar-refractivity contribution in [3.05, 3.63) is 47.5 Å². The molecule has 1 heterocycles. The van der Waals surface area contributed by atoms with Crippen molar-refractivity contribution in [3.8, 4) is 0 Å². The van der Waals surface area contributed by atoms with E-state index in [1.54, 1.807) is 17.0 Å². The van der Waals surface area contributed by atoms with E-state index in [0.29, 0.717) is 18.1 Å². The van der Waals surface area contributed by atoms with E-state index in [0.717, 1.165) is 10.5 Å². The fourth-order valence-electron chi connectivity index (χ4n) is 2.61. The molecular weight excluding hydrogens is 330 g/mol. The standard InChI is InChI=1S/C17H20ClN3O3/c1-4-9-21(11-12-7-5-6-8-13(12)18)15(22)10-14-16(23)20(3)17(24)19(14)2/h4-8,14H,1,9-11H2,2-3H3. The molecule has 1 saturated heterocycles. The Morgan fingerprint density at radius 2 is 2.00 bits per heavy atom. The molecule has 1 aliphatic rings. The lowest BCUT2D eigenvalue weighted by molar-refractivity contribution is -0.136. The first-order valence-electron chi connectivity index (χ1n) is 7.53. The molecule has 1 aromatic carbocycles. The molecule has 2 rings (SSSR count). The summed E-state index contributed by atoms with van der Waals surface area (Å²) < 4.78 is 0. The van der Waals surface area contributed by atoms with Crippen LogP contribution in [0.1, 0.15) is 12.0 Å². The fraction of sp³-hybridized carbons (Fsp3) is 0.353. The number of amides is 4. The Kier molecular flexibility index (Phi) is 5.62. The van der Waals surface area contributed by atoms with Gasteiger partial charge in [-0.25, -0.2) is 4.79 Å². The summed E-state index contributed by atoms with van der Waals surface area (Å²) in [6.45, 7) is 4.32. The summed E-state index contributed by atoms with van der Waals surface area (Å²) in [5, 5.41) is 0.573. The molecule has 6 nitrogen and oxygen atoms in total. The van der Waals surface area contributed by atoms with Gasteiger partial charge in [0.25, 0.3) is 5.91 Å². The van der Waals surface area contributed by atoms with E-state index in [4.69, 9.17) is 11.6 Å². The first-order chi connectivity index (χ1) is 11.4. The zero-order chi connectivity index (χ0) is 17.9. The molecule has 1 aromatic rings. The van der Waals surface area contributed by atoms with E-state index in [1.165, 1.54) is 19.0 Å². The van der Waals surface area contributed by atoms with Crippen LogP contribution in [0.15, 0.2) is 36.9 Å². The Morgan fingerprint density at radius 3 is 2.54 bits per heavy atom. The number of benzene rings is 1. The zero-order valence-corrected chi connectivity index (χ0v) is 14.5. The SMILES string of the molecule is C=CCN(Cc1ccccc1Cl)C(=O)CC1C(=O)N(C)C(=O)N1C. The van der Waals surface area contributed by atoms with Gasteiger partial charge < -0.3 is 9.80 Å². The Morgan fingerprint density at radius 1 is 1.33 bits per heavy atom. The predicted molar refractivity (Wildman–Crippen MR) is 91.4 cm³/mol. The molecule has 0 N–H and O–H groups in total. The van der Waals surface area contributed by atoms with Crippen molar-refractivity contribution in [2.24, 2.45) is 0 Å². The maximum Gasteiger partial charge on any atom is 0.326 e. The number of urea groups is 1. The number of hydrogen-bond donors (Lipinski definition) is 0. The molecule has 128 valence electrons. The van der Waals surface area contributed by atoms with Crippen molar-refractivity contribution in [2.75, 3.05) is 20.6 Å². The Hall–Kier alpha value is -2.34. The highest BCUT2D eigenvalue weighted by molar-refractivity contribution is 6.31. The van der Waals surface area contributed by atoms with E-state index in [1.807, 2.05) is 18.2 Å². The van der Waals surface area contributed by atoms with Crippen molar-refractivity contribution < 1.29 is 14.4 Å². The average Bonchev–Trinajstić information content (AvgIpc) is 2.74. The van der Waals surface area contributed by atoms with Gasteiger partial charge in [0.2, 0.25) is 5.91 Å². The first kappa shape index (κ1) is 18.0. The first-order valence-corrected chi connectivity index (χ1v) is 7.91. The molecule has 1 fully saturated rings. The Bertz CT molecular complexity index is 677. The highest BCUT2D eigenvalue weighted by atomic mass is 35.5. The summed E-state index contributed by atoms with van der Waals surface area (Å²) >= 11 is 6.15. The summed E-state index contributed by atoms with van der Waals surface area (Å²) in [5.74, 6) is -0.602. The number of rotatable bonds is 6. The van der Waals surface area contributed by atoms with Crippen LogP contribution in [0.25, 0.3) is 0 Å². The molecule has 0 radical (unpaired) electrons. The second-order valence-corrected chi connectivity index (χ2v) is 6.07. The minimum absolute atomic E-state index is 0.0658. The van der Waals surface area contributed by atoms with Crippen molar-refractivity contribution in [1.82, 2.24) is 14.7 Å². The van der Waals surface area contributed by atoms with Gasteiger partial charge in [0.05, 0.1) is 6.42 Å². The smallest absolute Gasteiger partial charge is 0.326 e. The van der Waals surface area contributed by atoms with Crippen LogP contribution >= 0.6 is 11.6 Å². The van der Waals surface area contributed by atoms with Gasteiger partial charge in [0.1, 0.15) is 6.04 Å². The average molecular weight is 350 g/mol. The molecule has 0 saturated carbocycles. The summed E-state index contributed by atoms with van der Waals surface area (Å²) in [7, 11) is 2.93. The maximum atomic E-state index is 12.6. The van der Waals surface area contributed by atoms with Crippen LogP contribution in [0.5, 0.6) is 0 Å². The molecule has 0 aliphatic carbocycles. The van der Waals surface area contributed by atoms with Crippen LogP contribution in [0.3, 0.4) is 0 Å². The van der Waals surface area contributed by atoms with Gasteiger partial charge in [-0.3, -0.25) is 14.5 Å². The van der Waals surface area contributed by atoms with E-state index in [2.05, 4.69) is 6.58 Å². The number of nitrogens with zero attached hydrogens (tertiary/aromatic N) is 3. The lowest BCUT2D eigenvalue weighted by atomic mass is 10.1. The lowest BCUT2D eigenvalue weighted by Crippen LogP contribution is -2.39. The number of carbonyl (C=O) groups excluding carboxylic acids is 3. The molecule has 0 aromatic heterocycles. The highest BCUT2D eigenvalue weighted by Crippen LogP contribution is 2.20. The second-order valence-electron chi connectivity index (χ2n) is 5.67. The van der Waals surface area contributed by atoms with Crippen LogP contribution < -0.4 is 0 Å². The molecular formula is C17H20ClN3O3. The topological polar surface area (TPSA) is 60.9 Å². The fourth-order valence-corrected chi connectivity index (χ4v) is 2.81. The number of hydrogen-bond acceptors (Lipinski definition) is 3. The summed E-state index contributed by atoms with van der Waals surface area (Å²) in [4.78, 5) is 40.4. The number of likely N-dealkylation sites (N-methyl/N-ethyl adjacent to an activating group) is 2. The molecule has 1 aliphatic heterocycles. The van der Waals surface area contributed by atoms with Gasteiger partial charge in [-0.2, -0.15) is 0 Å². The van der Waals surface area contributed by atoms with Crippen LogP contribution in [-0.4, -0.2) is 59.2 Å². The van der Waals surface area contributed by atoms with Crippen molar-refractivity contribution >= 4 is 29.4 Å². The van der Waals surface area contributed by atoms with Gasteiger partial charge in [0, 0.05) is 32.2 Å². The number of carbonyl (C=O) groups is 3. The van der Waals surface area contributed by atoms with Crippen LogP contribution in [0, 0.1) is 0 Å². The van der Waals surface area contributed by atoms with Crippen LogP contribution in [0.4, 0.5) is 4.79 Å². The van der Waals surface area contributed by atoms with Crippen molar-refractivity contribution in [3.63, 3.8) is 0 Å². The van der Waals surface area contributed by atoms with Crippen molar-refractivity contribution in [2.45, 2.75) is 19.0 Å². The quantitative estimate of drug-likeness (QED) is 0.584. The molecule has 0 bridgehead atoms. The molecule has 1 unspecified atom stereocenters. The molecule has 24 heavy (non-hydrogen) atoms. The molecule has 1 atom stereocenters. The summed E-state index contributed by atoms with van der Waals surface area (Å²) in [5.41, 5.74) is 0.814. The predicted octanol–water partition coefficient (Wildman–Crippen LogP) is 2.14. The van der Waals surface area contributed by atoms with E-state index >= 15 is 0 Å². The van der Waals surface area contributed by atoms with Gasteiger partial charge in [0.15, 0.2) is 0 Å². The highest BCUT2D eigenvalue weighted by Gasteiger charge is 2.42. The minimum Gasteiger partial charge on any atom is -0.335 e. The Balaban J connectivity index is 2.12. The van der Waals surface area contributed by atoms with Gasteiger partial charge in [-0.15, -0.1) is 6.58 Å². The third kappa shape index (κ3) is 3.59. The maximum absolute atomic E-state index is 12.6. The number of imide groups is 1. The molecule has 0 spiro atoms. The van der Waals surface area contributed by atoms with E-state index in [9.17, 15) is 14.4 Å². The Labute approximate surface area is 146 Å². The van der Waals surface area contributed by atoms with Gasteiger partial charge in [-0.05, 0) is 11.6 Å². The van der Waals surface area contributed by atoms with Crippen molar-refractivity contribution in [1.29, 1.82) is 0 Å². The third-order valence-electron chi connectivity index (χ3n) is 4.06. The monoisotopic (exact) mass is 349 g/mol. The number of halogens is 1. The van der Waals surface area contributed by atoms with Gasteiger partial charge >= 0.3 is 6.03 Å². The third-order valence-corrected chi connectivity index (χ3v) is 4.43. The van der Waals surface area contributed by atoms with Crippen LogP contribution in [-0.2, 0) is 16.1 Å². The van der Waals surface area contributed by atoms with E-state index < -0.39 is 12.1 Å². The summed E-state index contributed by atoms with van der Waals surface area (Å²) in [6, 6.07) is 6.09. The lowest BCUT2D eigenvalue weighted by Gasteiger charge is -2.24. The van der Waals surface area contributed by atoms with E-state index in [-0.39, 0.29) is 18.2 Å². The molecule has 4 amide bonds. The van der Waals surface area contributed by atoms with Gasteiger partial charge in [-0.1, -0.05) is 35.9 Å². The largest absolute Gasteiger partial charge is 0.335 e.